The molecule has 9 heteroatoms. The first-order chi connectivity index (χ1) is 15.1. The van der Waals surface area contributed by atoms with Crippen LogP contribution in [-0.4, -0.2) is 41.9 Å². The number of tetrazole rings is 1. The molecule has 0 aliphatic rings. The Morgan fingerprint density at radius 3 is 2.68 bits per heavy atom. The molecule has 31 heavy (non-hydrogen) atoms. The fourth-order valence-corrected chi connectivity index (χ4v) is 3.20. The molecule has 2 aromatic heterocycles. The number of amides is 1. The first-order valence-corrected chi connectivity index (χ1v) is 9.52. The number of phenolic OH excluding ortho intramolecular Hbond substituents is 1. The van der Waals surface area contributed by atoms with Crippen molar-refractivity contribution < 1.29 is 9.90 Å². The van der Waals surface area contributed by atoms with Crippen molar-refractivity contribution in [1.82, 2.24) is 30.5 Å². The van der Waals surface area contributed by atoms with Crippen molar-refractivity contribution in [3.63, 3.8) is 0 Å². The Balaban J connectivity index is 1.60. The van der Waals surface area contributed by atoms with Gasteiger partial charge in [0.1, 0.15) is 12.1 Å². The van der Waals surface area contributed by atoms with E-state index >= 15 is 0 Å². The second-order valence-corrected chi connectivity index (χ2v) is 6.81. The van der Waals surface area contributed by atoms with E-state index in [-0.39, 0.29) is 18.1 Å². The molecule has 2 heterocycles. The standard InChI is InChI=1S/C22H19N7O2/c23-19(16-6-4-10-24-13-16)12-20(18-8-1-2-9-21(18)30)26-22(31)15-5-3-7-17(11-15)29-14-25-27-28-29/h1-11,13-14,20,23,30H,12H2,(H,26,31). The van der Waals surface area contributed by atoms with Crippen molar-refractivity contribution in [3.05, 3.63) is 96.1 Å². The lowest BCUT2D eigenvalue weighted by molar-refractivity contribution is 0.0937. The molecule has 2 aromatic carbocycles. The molecular formula is C22H19N7O2. The van der Waals surface area contributed by atoms with E-state index in [1.165, 1.54) is 11.0 Å². The summed E-state index contributed by atoms with van der Waals surface area (Å²) in [4.78, 5) is 17.1. The van der Waals surface area contributed by atoms with E-state index in [2.05, 4.69) is 25.8 Å². The molecule has 0 saturated heterocycles. The molecule has 0 aliphatic heterocycles. The SMILES string of the molecule is N=C(CC(NC(=O)c1cccc(-n2cnnn2)c1)c1ccccc1O)c1cccnc1. The van der Waals surface area contributed by atoms with Crippen LogP contribution >= 0.6 is 0 Å². The quantitative estimate of drug-likeness (QED) is 0.400. The topological polar surface area (TPSA) is 130 Å². The number of carbonyl (C=O) groups excluding carboxylic acids is 1. The smallest absolute Gasteiger partial charge is 0.251 e. The molecule has 1 amide bonds. The van der Waals surface area contributed by atoms with Crippen LogP contribution in [0.25, 0.3) is 5.69 Å². The van der Waals surface area contributed by atoms with Gasteiger partial charge < -0.3 is 15.8 Å². The molecule has 0 aliphatic carbocycles. The normalized spacial score (nSPS) is 11.6. The third-order valence-corrected chi connectivity index (χ3v) is 4.76. The Kier molecular flexibility index (Phi) is 5.75. The number of benzene rings is 2. The molecule has 9 nitrogen and oxygen atoms in total. The first-order valence-electron chi connectivity index (χ1n) is 9.52. The van der Waals surface area contributed by atoms with Crippen LogP contribution in [0.4, 0.5) is 0 Å². The van der Waals surface area contributed by atoms with Gasteiger partial charge in [0.25, 0.3) is 5.91 Å². The zero-order chi connectivity index (χ0) is 21.6. The van der Waals surface area contributed by atoms with E-state index in [0.717, 1.165) is 0 Å². The molecule has 0 saturated carbocycles. The highest BCUT2D eigenvalue weighted by atomic mass is 16.3. The van der Waals surface area contributed by atoms with Crippen LogP contribution in [0.2, 0.25) is 0 Å². The van der Waals surface area contributed by atoms with Crippen molar-refractivity contribution in [2.45, 2.75) is 12.5 Å². The lowest BCUT2D eigenvalue weighted by Gasteiger charge is -2.21. The number of nitrogens with one attached hydrogen (secondary N) is 2. The van der Waals surface area contributed by atoms with Crippen LogP contribution in [0.1, 0.15) is 33.9 Å². The Morgan fingerprint density at radius 1 is 1.10 bits per heavy atom. The van der Waals surface area contributed by atoms with Gasteiger partial charge in [-0.05, 0) is 40.8 Å². The third-order valence-electron chi connectivity index (χ3n) is 4.76. The van der Waals surface area contributed by atoms with Gasteiger partial charge in [-0.1, -0.05) is 30.3 Å². The van der Waals surface area contributed by atoms with Gasteiger partial charge in [0, 0.05) is 41.2 Å². The fourth-order valence-electron chi connectivity index (χ4n) is 3.20. The summed E-state index contributed by atoms with van der Waals surface area (Å²) in [5, 5.41) is 32.8. The molecule has 0 spiro atoms. The minimum absolute atomic E-state index is 0.0502. The predicted octanol–water partition coefficient (Wildman–Crippen LogP) is 2.69. The van der Waals surface area contributed by atoms with Gasteiger partial charge in [-0.15, -0.1) is 5.10 Å². The van der Waals surface area contributed by atoms with E-state index in [4.69, 9.17) is 5.41 Å². The molecule has 0 bridgehead atoms. The number of hydrogen-bond donors (Lipinski definition) is 3. The number of hydrogen-bond acceptors (Lipinski definition) is 7. The third kappa shape index (κ3) is 4.61. The van der Waals surface area contributed by atoms with Crippen molar-refractivity contribution >= 4 is 11.6 Å². The number of rotatable bonds is 7. The number of nitrogens with zero attached hydrogens (tertiary/aromatic N) is 5. The number of aromatic nitrogens is 5. The van der Waals surface area contributed by atoms with Crippen LogP contribution in [0.3, 0.4) is 0 Å². The summed E-state index contributed by atoms with van der Waals surface area (Å²) in [5.74, 6) is -0.295. The highest BCUT2D eigenvalue weighted by Gasteiger charge is 2.21. The highest BCUT2D eigenvalue weighted by molar-refractivity contribution is 5.99. The van der Waals surface area contributed by atoms with Crippen molar-refractivity contribution in [3.8, 4) is 11.4 Å². The van der Waals surface area contributed by atoms with Gasteiger partial charge in [-0.2, -0.15) is 0 Å². The summed E-state index contributed by atoms with van der Waals surface area (Å²) < 4.78 is 1.45. The molecule has 4 rings (SSSR count). The van der Waals surface area contributed by atoms with Gasteiger partial charge in [-0.3, -0.25) is 9.78 Å². The fraction of sp³-hybridized carbons (Fsp3) is 0.0909. The Bertz CT molecular complexity index is 1190. The monoisotopic (exact) mass is 413 g/mol. The van der Waals surface area contributed by atoms with Crippen LogP contribution in [0.5, 0.6) is 5.75 Å². The number of phenols is 1. The minimum atomic E-state index is -0.613. The lowest BCUT2D eigenvalue weighted by Crippen LogP contribution is -2.30. The molecule has 4 aromatic rings. The number of para-hydroxylation sites is 1. The Morgan fingerprint density at radius 2 is 1.94 bits per heavy atom. The lowest BCUT2D eigenvalue weighted by atomic mass is 9.97. The van der Waals surface area contributed by atoms with Crippen LogP contribution in [0.15, 0.2) is 79.4 Å². The molecule has 3 N–H and O–H groups in total. The summed E-state index contributed by atoms with van der Waals surface area (Å²) in [6, 6.07) is 16.6. The first kappa shape index (κ1) is 19.9. The largest absolute Gasteiger partial charge is 0.508 e. The Hall–Kier alpha value is -4.40. The minimum Gasteiger partial charge on any atom is -0.508 e. The maximum atomic E-state index is 13.0. The average Bonchev–Trinajstić information content (AvgIpc) is 3.35. The molecule has 1 unspecified atom stereocenters. The maximum absolute atomic E-state index is 13.0. The highest BCUT2D eigenvalue weighted by Crippen LogP contribution is 2.27. The molecule has 0 fully saturated rings. The second-order valence-electron chi connectivity index (χ2n) is 6.81. The maximum Gasteiger partial charge on any atom is 0.251 e. The zero-order valence-electron chi connectivity index (χ0n) is 16.4. The number of carbonyl (C=O) groups is 1. The van der Waals surface area contributed by atoms with E-state index in [1.54, 1.807) is 73.1 Å². The summed E-state index contributed by atoms with van der Waals surface area (Å²) in [6.45, 7) is 0. The van der Waals surface area contributed by atoms with Gasteiger partial charge in [0.2, 0.25) is 0 Å². The van der Waals surface area contributed by atoms with Gasteiger partial charge in [0.05, 0.1) is 11.7 Å². The zero-order valence-corrected chi connectivity index (χ0v) is 16.4. The Labute approximate surface area is 177 Å². The van der Waals surface area contributed by atoms with Gasteiger partial charge in [-0.25, -0.2) is 4.68 Å². The van der Waals surface area contributed by atoms with Crippen LogP contribution in [-0.2, 0) is 0 Å². The van der Waals surface area contributed by atoms with E-state index < -0.39 is 6.04 Å². The molecule has 1 atom stereocenters. The van der Waals surface area contributed by atoms with Gasteiger partial charge in [0.15, 0.2) is 0 Å². The van der Waals surface area contributed by atoms with Crippen LogP contribution < -0.4 is 5.32 Å². The van der Waals surface area contributed by atoms with Crippen molar-refractivity contribution in [2.24, 2.45) is 0 Å². The molecular weight excluding hydrogens is 394 g/mol. The van der Waals surface area contributed by atoms with E-state index in [0.29, 0.717) is 28.1 Å². The van der Waals surface area contributed by atoms with Crippen LogP contribution in [0, 0.1) is 5.41 Å². The van der Waals surface area contributed by atoms with Gasteiger partial charge >= 0.3 is 0 Å². The summed E-state index contributed by atoms with van der Waals surface area (Å²) in [5.41, 5.74) is 2.52. The summed E-state index contributed by atoms with van der Waals surface area (Å²) in [7, 11) is 0. The molecule has 154 valence electrons. The predicted molar refractivity (Wildman–Crippen MR) is 113 cm³/mol. The molecule has 0 radical (unpaired) electrons. The second kappa shape index (κ2) is 8.95. The number of aromatic hydroxyl groups is 1. The van der Waals surface area contributed by atoms with Crippen molar-refractivity contribution in [2.75, 3.05) is 0 Å². The average molecular weight is 413 g/mol. The van der Waals surface area contributed by atoms with E-state index in [9.17, 15) is 9.90 Å². The summed E-state index contributed by atoms with van der Waals surface area (Å²) >= 11 is 0. The van der Waals surface area contributed by atoms with E-state index in [1.807, 2.05) is 0 Å². The number of pyridine rings is 1. The summed E-state index contributed by atoms with van der Waals surface area (Å²) in [6.07, 6.45) is 4.86. The van der Waals surface area contributed by atoms with Crippen molar-refractivity contribution in [1.29, 1.82) is 5.41 Å².